The summed E-state index contributed by atoms with van der Waals surface area (Å²) < 4.78 is 0. The fourth-order valence-corrected chi connectivity index (χ4v) is 2.06. The number of rotatable bonds is 5. The van der Waals surface area contributed by atoms with E-state index in [1.54, 1.807) is 0 Å². The van der Waals surface area contributed by atoms with Crippen LogP contribution in [0.15, 0.2) is 0 Å². The van der Waals surface area contributed by atoms with Crippen molar-refractivity contribution in [2.75, 3.05) is 26.2 Å². The Kier molecular flexibility index (Phi) is 4.95. The van der Waals surface area contributed by atoms with E-state index in [0.29, 0.717) is 12.1 Å². The Morgan fingerprint density at radius 3 is 2.79 bits per heavy atom. The quantitative estimate of drug-likeness (QED) is 0.653. The summed E-state index contributed by atoms with van der Waals surface area (Å²) in [6.07, 6.45) is 1.00. The largest absolute Gasteiger partial charge is 0.395 e. The van der Waals surface area contributed by atoms with Gasteiger partial charge in [-0.25, -0.2) is 0 Å². The third kappa shape index (κ3) is 3.61. The molecule has 0 amide bonds. The first-order chi connectivity index (χ1) is 6.63. The Balaban J connectivity index is 2.35. The summed E-state index contributed by atoms with van der Waals surface area (Å²) in [4.78, 5) is 3.41. The molecule has 2 N–H and O–H groups in total. The van der Waals surface area contributed by atoms with E-state index < -0.39 is 0 Å². The highest BCUT2D eigenvalue weighted by molar-refractivity contribution is 7.80. The molecule has 14 heavy (non-hydrogen) atoms. The van der Waals surface area contributed by atoms with E-state index in [4.69, 9.17) is 17.3 Å². The highest BCUT2D eigenvalue weighted by Crippen LogP contribution is 2.07. The van der Waals surface area contributed by atoms with Crippen LogP contribution in [0.2, 0.25) is 0 Å². The van der Waals surface area contributed by atoms with Crippen LogP contribution < -0.4 is 5.32 Å². The van der Waals surface area contributed by atoms with Gasteiger partial charge in [-0.3, -0.25) is 4.90 Å². The summed E-state index contributed by atoms with van der Waals surface area (Å²) in [7, 11) is 0. The molecule has 0 aliphatic carbocycles. The second-order valence-corrected chi connectivity index (χ2v) is 4.71. The minimum absolute atomic E-state index is 0.231. The van der Waals surface area contributed by atoms with Crippen LogP contribution in [0.5, 0.6) is 0 Å². The minimum atomic E-state index is 0.231. The summed E-state index contributed by atoms with van der Waals surface area (Å²) >= 11 is 5.15. The molecule has 1 unspecified atom stereocenters. The SMILES string of the molecule is CC(C)N(CCO)CC1CC(=S)CN1. The van der Waals surface area contributed by atoms with Gasteiger partial charge in [0.2, 0.25) is 0 Å². The molecule has 1 atom stereocenters. The second kappa shape index (κ2) is 5.75. The lowest BCUT2D eigenvalue weighted by Gasteiger charge is -2.28. The van der Waals surface area contributed by atoms with Crippen LogP contribution in [0.25, 0.3) is 0 Å². The molecule has 0 bridgehead atoms. The van der Waals surface area contributed by atoms with E-state index in [0.717, 1.165) is 30.9 Å². The lowest BCUT2D eigenvalue weighted by atomic mass is 10.2. The molecule has 0 saturated carbocycles. The molecule has 1 rings (SSSR count). The van der Waals surface area contributed by atoms with Gasteiger partial charge >= 0.3 is 0 Å². The number of hydrogen-bond acceptors (Lipinski definition) is 4. The molecule has 1 aliphatic rings. The van der Waals surface area contributed by atoms with Gasteiger partial charge in [-0.05, 0) is 20.3 Å². The number of hydrogen-bond donors (Lipinski definition) is 2. The molecule has 1 aliphatic heterocycles. The summed E-state index contributed by atoms with van der Waals surface area (Å²) in [5.74, 6) is 0. The van der Waals surface area contributed by atoms with Gasteiger partial charge in [-0.1, -0.05) is 12.2 Å². The molecular weight excluding hydrogens is 196 g/mol. The fraction of sp³-hybridized carbons (Fsp3) is 0.900. The number of aliphatic hydroxyl groups is 1. The maximum Gasteiger partial charge on any atom is 0.0558 e. The Labute approximate surface area is 91.5 Å². The number of nitrogens with zero attached hydrogens (tertiary/aromatic N) is 1. The molecule has 1 saturated heterocycles. The average molecular weight is 216 g/mol. The summed E-state index contributed by atoms with van der Waals surface area (Å²) in [6.45, 7) is 7.16. The van der Waals surface area contributed by atoms with Crippen molar-refractivity contribution in [3.63, 3.8) is 0 Å². The van der Waals surface area contributed by atoms with E-state index in [2.05, 4.69) is 24.1 Å². The Morgan fingerprint density at radius 1 is 1.64 bits per heavy atom. The second-order valence-electron chi connectivity index (χ2n) is 4.13. The monoisotopic (exact) mass is 216 g/mol. The lowest BCUT2D eigenvalue weighted by molar-refractivity contribution is 0.155. The molecule has 0 aromatic rings. The van der Waals surface area contributed by atoms with Crippen LogP contribution >= 0.6 is 12.2 Å². The van der Waals surface area contributed by atoms with Crippen molar-refractivity contribution >= 4 is 17.1 Å². The highest BCUT2D eigenvalue weighted by Gasteiger charge is 2.21. The van der Waals surface area contributed by atoms with E-state index in [1.165, 1.54) is 0 Å². The zero-order chi connectivity index (χ0) is 10.6. The molecule has 1 heterocycles. The van der Waals surface area contributed by atoms with Crippen LogP contribution in [0.3, 0.4) is 0 Å². The maximum absolute atomic E-state index is 8.92. The molecule has 82 valence electrons. The van der Waals surface area contributed by atoms with Crippen LogP contribution in [0.4, 0.5) is 0 Å². The van der Waals surface area contributed by atoms with Crippen molar-refractivity contribution in [2.24, 2.45) is 0 Å². The summed E-state index contributed by atoms with van der Waals surface area (Å²) in [6, 6.07) is 0.967. The predicted octanol–water partition coefficient (Wildman–Crippen LogP) is 0.421. The van der Waals surface area contributed by atoms with Gasteiger partial charge in [-0.2, -0.15) is 0 Å². The van der Waals surface area contributed by atoms with E-state index in [1.807, 2.05) is 0 Å². The van der Waals surface area contributed by atoms with Gasteiger partial charge < -0.3 is 10.4 Å². The van der Waals surface area contributed by atoms with Crippen molar-refractivity contribution in [2.45, 2.75) is 32.4 Å². The van der Waals surface area contributed by atoms with E-state index in [9.17, 15) is 0 Å². The van der Waals surface area contributed by atoms with Crippen molar-refractivity contribution in [3.05, 3.63) is 0 Å². The fourth-order valence-electron chi connectivity index (χ4n) is 1.78. The van der Waals surface area contributed by atoms with Crippen molar-refractivity contribution in [1.82, 2.24) is 10.2 Å². The van der Waals surface area contributed by atoms with Gasteiger partial charge in [0.05, 0.1) is 6.61 Å². The van der Waals surface area contributed by atoms with Gasteiger partial charge in [0.25, 0.3) is 0 Å². The minimum Gasteiger partial charge on any atom is -0.395 e. The Hall–Kier alpha value is -0.0300. The van der Waals surface area contributed by atoms with Gasteiger partial charge in [-0.15, -0.1) is 0 Å². The zero-order valence-electron chi connectivity index (χ0n) is 8.99. The topological polar surface area (TPSA) is 35.5 Å². The van der Waals surface area contributed by atoms with E-state index in [-0.39, 0.29) is 6.61 Å². The predicted molar refractivity (Wildman–Crippen MR) is 62.8 cm³/mol. The molecule has 0 aromatic carbocycles. The molecule has 1 fully saturated rings. The normalized spacial score (nSPS) is 22.6. The third-order valence-electron chi connectivity index (χ3n) is 2.63. The van der Waals surface area contributed by atoms with Crippen molar-refractivity contribution in [1.29, 1.82) is 0 Å². The molecule has 4 heteroatoms. The molecular formula is C10H20N2OS. The van der Waals surface area contributed by atoms with Crippen LogP contribution in [0.1, 0.15) is 20.3 Å². The number of aliphatic hydroxyl groups excluding tert-OH is 1. The smallest absolute Gasteiger partial charge is 0.0558 e. The van der Waals surface area contributed by atoms with Crippen molar-refractivity contribution < 1.29 is 5.11 Å². The Morgan fingerprint density at radius 2 is 2.36 bits per heavy atom. The highest BCUT2D eigenvalue weighted by atomic mass is 32.1. The first-order valence-electron chi connectivity index (χ1n) is 5.23. The number of thiocarbonyl (C=S) groups is 1. The van der Waals surface area contributed by atoms with Crippen LogP contribution in [-0.2, 0) is 0 Å². The first-order valence-corrected chi connectivity index (χ1v) is 5.64. The van der Waals surface area contributed by atoms with Gasteiger partial charge in [0.15, 0.2) is 0 Å². The van der Waals surface area contributed by atoms with Gasteiger partial charge in [0.1, 0.15) is 0 Å². The molecule has 3 nitrogen and oxygen atoms in total. The number of nitrogens with one attached hydrogen (secondary N) is 1. The third-order valence-corrected chi connectivity index (χ3v) is 2.95. The van der Waals surface area contributed by atoms with Crippen LogP contribution in [0, 0.1) is 0 Å². The zero-order valence-corrected chi connectivity index (χ0v) is 9.81. The van der Waals surface area contributed by atoms with Gasteiger partial charge in [0, 0.05) is 36.6 Å². The Bertz CT molecular complexity index is 197. The first kappa shape index (κ1) is 12.0. The molecule has 0 spiro atoms. The lowest BCUT2D eigenvalue weighted by Crippen LogP contribution is -2.42. The standard InChI is InChI=1S/C10H20N2OS/c1-8(2)12(3-4-13)7-9-5-10(14)6-11-9/h8-9,11,13H,3-7H2,1-2H3. The molecule has 0 aromatic heterocycles. The summed E-state index contributed by atoms with van der Waals surface area (Å²) in [5, 5.41) is 12.3. The average Bonchev–Trinajstić information content (AvgIpc) is 2.50. The maximum atomic E-state index is 8.92. The van der Waals surface area contributed by atoms with Crippen LogP contribution in [-0.4, -0.2) is 53.2 Å². The molecule has 0 radical (unpaired) electrons. The summed E-state index contributed by atoms with van der Waals surface area (Å²) in [5.41, 5.74) is 0. The van der Waals surface area contributed by atoms with E-state index >= 15 is 0 Å². The van der Waals surface area contributed by atoms with Crippen molar-refractivity contribution in [3.8, 4) is 0 Å².